The average Bonchev–Trinajstić information content (AvgIpc) is 1.73. The van der Waals surface area contributed by atoms with Gasteiger partial charge in [-0.05, 0) is 119 Å². The first-order chi connectivity index (χ1) is 49.2. The lowest BCUT2D eigenvalue weighted by Gasteiger charge is -2.24. The molecule has 0 spiro atoms. The monoisotopic (exact) mass is 1350 g/mol. The highest BCUT2D eigenvalue weighted by Gasteiger charge is 2.32. The van der Waals surface area contributed by atoms with E-state index in [0.29, 0.717) is 78.4 Å². The number of nitriles is 1. The minimum absolute atomic E-state index is 0.0326. The molecule has 15 aromatic rings. The van der Waals surface area contributed by atoms with Crippen LogP contribution in [-0.4, -0.2) is 92.6 Å². The summed E-state index contributed by atoms with van der Waals surface area (Å²) in [4.78, 5) is 69.8. The van der Waals surface area contributed by atoms with Crippen LogP contribution in [0.2, 0.25) is 0 Å². The van der Waals surface area contributed by atoms with Crippen molar-refractivity contribution in [3.63, 3.8) is 0 Å². The molecule has 6 heterocycles. The highest BCUT2D eigenvalue weighted by Crippen LogP contribution is 2.36. The van der Waals surface area contributed by atoms with E-state index in [4.69, 9.17) is 0 Å². The number of hydrogen-bond acceptors (Lipinski definition) is 13. The lowest BCUT2D eigenvalue weighted by atomic mass is 9.96. The van der Waals surface area contributed by atoms with Gasteiger partial charge in [-0.25, -0.2) is 37.8 Å². The Labute approximate surface area is 569 Å². The second-order valence-electron chi connectivity index (χ2n) is 23.7. The van der Waals surface area contributed by atoms with Crippen molar-refractivity contribution in [1.29, 1.82) is 5.26 Å². The normalized spacial score (nSPS) is 11.6. The van der Waals surface area contributed by atoms with Gasteiger partial charge in [0.05, 0.1) is 95.0 Å². The van der Waals surface area contributed by atoms with Crippen LogP contribution >= 0.6 is 0 Å². The minimum atomic E-state index is -4.61. The topological polar surface area (TPSA) is 263 Å². The fourth-order valence-electron chi connectivity index (χ4n) is 12.3. The Morgan fingerprint density at radius 3 is 1.44 bits per heavy atom. The van der Waals surface area contributed by atoms with Gasteiger partial charge in [-0.15, -0.1) is 15.3 Å². The van der Waals surface area contributed by atoms with Crippen LogP contribution in [0.15, 0.2) is 226 Å². The van der Waals surface area contributed by atoms with Crippen molar-refractivity contribution < 1.29 is 36.3 Å². The van der Waals surface area contributed by atoms with E-state index in [0.717, 1.165) is 28.8 Å². The molecule has 27 heteroatoms. The molecule has 3 amide bonds. The number of carbonyl (C=O) groups excluding carboxylic acids is 3. The molecule has 22 nitrogen and oxygen atoms in total. The molecular weight excluding hydrogens is 1300 g/mol. The smallest absolute Gasteiger partial charge is 0.351 e. The number of para-hydroxylation sites is 1. The van der Waals surface area contributed by atoms with Gasteiger partial charge in [0.2, 0.25) is 17.7 Å². The number of halogens is 5. The number of rotatable bonds is 20. The lowest BCUT2D eigenvalue weighted by molar-refractivity contribution is -0.137. The van der Waals surface area contributed by atoms with Crippen molar-refractivity contribution in [1.82, 2.24) is 74.9 Å². The largest absolute Gasteiger partial charge is 0.416 e. The Balaban J connectivity index is 0.679. The Morgan fingerprint density at radius 2 is 0.911 bits per heavy atom. The number of anilines is 3. The van der Waals surface area contributed by atoms with E-state index in [1.807, 2.05) is 24.3 Å². The number of alkyl halides is 3. The van der Waals surface area contributed by atoms with Gasteiger partial charge in [0.15, 0.2) is 0 Å². The van der Waals surface area contributed by atoms with Crippen LogP contribution in [0.4, 0.5) is 39.0 Å². The predicted octanol–water partition coefficient (Wildman–Crippen LogP) is 13.3. The van der Waals surface area contributed by atoms with Gasteiger partial charge in [0, 0.05) is 63.5 Å². The second-order valence-corrected chi connectivity index (χ2v) is 23.7. The van der Waals surface area contributed by atoms with Crippen molar-refractivity contribution in [3.8, 4) is 62.1 Å². The molecule has 0 saturated heterocycles. The van der Waals surface area contributed by atoms with E-state index in [9.17, 15) is 32.8 Å². The fraction of sp³-hybridized carbons (Fsp3) is 0.0946. The Kier molecular flexibility index (Phi) is 16.8. The molecule has 496 valence electrons. The number of nitrogens with one attached hydrogen (secondary N) is 3. The van der Waals surface area contributed by atoms with Crippen molar-refractivity contribution in [2.24, 2.45) is 0 Å². The molecule has 0 bridgehead atoms. The summed E-state index contributed by atoms with van der Waals surface area (Å²) >= 11 is 0. The number of hydrogen-bond donors (Lipinski definition) is 3. The Hall–Kier alpha value is -13.6. The summed E-state index contributed by atoms with van der Waals surface area (Å²) in [6, 6.07) is 52.8. The maximum Gasteiger partial charge on any atom is 0.416 e. The van der Waals surface area contributed by atoms with Crippen LogP contribution in [0.25, 0.3) is 89.1 Å². The standard InChI is InChI=1S/C74H52F5N19O3/c75-59-29-47(38-95(56-23-16-50(17-24-56)65-35-83-44-86-65)70(100)39-96-66-9-2-1-8-61(66)87-90-96)30-60(76)72(59)51-18-26-67-62(31-51)88-91-97(67)40-69(99)94(55-21-14-49(15-22-55)64-34-82-43-85-64)37-46-11-25-57(52(27-46)32-80)58-7-4-10-68-73(58)89-92-98(68)41-71(101)93(36-45-5-3-6-53(28-45)74(77,78)79)54-19-12-48(13-20-54)63-33-81-42-84-63/h1-31,33-35,42-44H,36-41H2,(H,81,84)(H,82,85)(H,83,86). The number of amides is 3. The third-order valence-electron chi connectivity index (χ3n) is 17.3. The molecule has 0 saturated carbocycles. The van der Waals surface area contributed by atoms with Crippen molar-refractivity contribution in [3.05, 3.63) is 265 Å². The predicted molar refractivity (Wildman–Crippen MR) is 365 cm³/mol. The van der Waals surface area contributed by atoms with Gasteiger partial charge in [-0.1, -0.05) is 107 Å². The highest BCUT2D eigenvalue weighted by molar-refractivity contribution is 5.98. The number of imidazole rings is 3. The van der Waals surface area contributed by atoms with Crippen molar-refractivity contribution >= 4 is 67.9 Å². The third kappa shape index (κ3) is 13.0. The van der Waals surface area contributed by atoms with E-state index in [-0.39, 0.29) is 72.6 Å². The van der Waals surface area contributed by atoms with Crippen molar-refractivity contribution in [2.45, 2.75) is 45.4 Å². The molecule has 0 radical (unpaired) electrons. The van der Waals surface area contributed by atoms with Crippen LogP contribution in [0.5, 0.6) is 0 Å². The zero-order chi connectivity index (χ0) is 69.3. The van der Waals surface area contributed by atoms with Crippen LogP contribution in [0.1, 0.15) is 27.8 Å². The van der Waals surface area contributed by atoms with Gasteiger partial charge >= 0.3 is 6.18 Å². The summed E-state index contributed by atoms with van der Waals surface area (Å²) in [5.41, 5.74) is 9.50. The molecule has 0 aliphatic carbocycles. The third-order valence-corrected chi connectivity index (χ3v) is 17.3. The molecular formula is C74H52F5N19O3. The first kappa shape index (κ1) is 63.4. The van der Waals surface area contributed by atoms with E-state index >= 15 is 8.78 Å². The molecule has 6 aromatic heterocycles. The van der Waals surface area contributed by atoms with E-state index in [1.165, 1.54) is 71.5 Å². The van der Waals surface area contributed by atoms with Crippen LogP contribution in [0.3, 0.4) is 0 Å². The van der Waals surface area contributed by atoms with Crippen LogP contribution in [-0.2, 0) is 59.8 Å². The van der Waals surface area contributed by atoms with Crippen LogP contribution < -0.4 is 14.7 Å². The second kappa shape index (κ2) is 26.8. The summed E-state index contributed by atoms with van der Waals surface area (Å²) in [6.45, 7) is -1.36. The van der Waals surface area contributed by atoms with E-state index < -0.39 is 41.1 Å². The number of carbonyl (C=O) groups is 3. The van der Waals surface area contributed by atoms with Crippen molar-refractivity contribution in [2.75, 3.05) is 14.7 Å². The number of H-pyrrole nitrogens is 3. The number of fused-ring (bicyclic) bond motifs is 3. The summed E-state index contributed by atoms with van der Waals surface area (Å²) < 4.78 is 79.1. The maximum absolute atomic E-state index is 16.6. The van der Waals surface area contributed by atoms with Gasteiger partial charge in [-0.3, -0.25) is 14.4 Å². The molecule has 15 rings (SSSR count). The molecule has 9 aromatic carbocycles. The molecule has 0 aliphatic rings. The summed E-state index contributed by atoms with van der Waals surface area (Å²) in [5.74, 6) is -3.14. The van der Waals surface area contributed by atoms with E-state index in [1.54, 1.807) is 147 Å². The first-order valence-corrected chi connectivity index (χ1v) is 31.5. The fourth-order valence-corrected chi connectivity index (χ4v) is 12.3. The Bertz CT molecular complexity index is 5590. The number of aromatic nitrogens is 15. The van der Waals surface area contributed by atoms with Gasteiger partial charge < -0.3 is 29.7 Å². The molecule has 0 unspecified atom stereocenters. The average molecular weight is 1350 g/mol. The highest BCUT2D eigenvalue weighted by atomic mass is 19.4. The SMILES string of the molecule is N#Cc1cc(CN(C(=O)Cn2nnc3cc(-c4c(F)cc(CN(C(=O)Cn5nnc6ccccc65)c5ccc(-c6c[nH]cn6)cc5)cc4F)ccc32)c2ccc(-c3c[nH]cn3)cc2)ccc1-c1cccc2c1nnn2CC(=O)N(Cc1cccc(C(F)(F)F)c1)c1ccc(-c2c[nH]cn2)cc1. The molecule has 0 aliphatic heterocycles. The minimum Gasteiger partial charge on any atom is -0.351 e. The summed E-state index contributed by atoms with van der Waals surface area (Å²) in [7, 11) is 0. The van der Waals surface area contributed by atoms with Gasteiger partial charge in [0.1, 0.15) is 47.8 Å². The quantitative estimate of drug-likeness (QED) is 0.0600. The number of nitrogens with zero attached hydrogens (tertiary/aromatic N) is 16. The number of aromatic amines is 3. The Morgan fingerprint density at radius 1 is 0.446 bits per heavy atom. The molecule has 0 fully saturated rings. The van der Waals surface area contributed by atoms with E-state index in [2.05, 4.69) is 66.9 Å². The lowest BCUT2D eigenvalue weighted by Crippen LogP contribution is -2.33. The van der Waals surface area contributed by atoms with Gasteiger partial charge in [0.25, 0.3) is 0 Å². The van der Waals surface area contributed by atoms with Gasteiger partial charge in [-0.2, -0.15) is 18.4 Å². The van der Waals surface area contributed by atoms with Crippen LogP contribution in [0, 0.1) is 23.0 Å². The number of benzene rings is 9. The summed E-state index contributed by atoms with van der Waals surface area (Å²) in [6.07, 6.45) is 5.22. The first-order valence-electron chi connectivity index (χ1n) is 31.5. The zero-order valence-corrected chi connectivity index (χ0v) is 52.9. The molecule has 101 heavy (non-hydrogen) atoms. The zero-order valence-electron chi connectivity index (χ0n) is 52.9. The summed E-state index contributed by atoms with van der Waals surface area (Å²) in [5, 5.41) is 36.7. The maximum atomic E-state index is 16.6. The molecule has 0 atom stereocenters. The molecule has 3 N–H and O–H groups in total.